The molecule has 1 aliphatic rings. The Hall–Kier alpha value is -2.41. The molecular weight excluding hydrogens is 270 g/mol. The van der Waals surface area contributed by atoms with E-state index < -0.39 is 0 Å². The lowest BCUT2D eigenvalue weighted by molar-refractivity contribution is 0.0534. The van der Waals surface area contributed by atoms with Crippen molar-refractivity contribution in [3.63, 3.8) is 0 Å². The molecule has 3 heterocycles. The molecule has 0 aromatic carbocycles. The van der Waals surface area contributed by atoms with Crippen molar-refractivity contribution in [2.45, 2.75) is 6.04 Å². The van der Waals surface area contributed by atoms with E-state index in [2.05, 4.69) is 19.9 Å². The lowest BCUT2D eigenvalue weighted by Gasteiger charge is -2.38. The van der Waals surface area contributed by atoms with Crippen LogP contribution in [0, 0.1) is 0 Å². The fourth-order valence-electron chi connectivity index (χ4n) is 2.54. The predicted octanol–water partition coefficient (Wildman–Crippen LogP) is 0.227. The average Bonchev–Trinajstić information content (AvgIpc) is 3.02. The smallest absolute Gasteiger partial charge is 0.255 e. The first kappa shape index (κ1) is 13.6. The molecular formula is C14H17N5O2. The number of aromatic amines is 2. The zero-order valence-corrected chi connectivity index (χ0v) is 11.7. The van der Waals surface area contributed by atoms with Gasteiger partial charge in [-0.25, -0.2) is 4.98 Å². The number of nitrogens with one attached hydrogen (secondary N) is 2. The molecule has 2 N–H and O–H groups in total. The summed E-state index contributed by atoms with van der Waals surface area (Å²) in [6.45, 7) is 2.01. The molecule has 3 rings (SSSR count). The number of aromatic nitrogens is 3. The van der Waals surface area contributed by atoms with Crippen LogP contribution in [0.2, 0.25) is 0 Å². The third-order valence-electron chi connectivity index (χ3n) is 3.80. The van der Waals surface area contributed by atoms with Gasteiger partial charge in [-0.15, -0.1) is 0 Å². The summed E-state index contributed by atoms with van der Waals surface area (Å²) in [7, 11) is 2.02. The molecule has 21 heavy (non-hydrogen) atoms. The van der Waals surface area contributed by atoms with Crippen LogP contribution in [0.4, 0.5) is 0 Å². The van der Waals surface area contributed by atoms with Crippen LogP contribution in [-0.4, -0.2) is 57.3 Å². The molecule has 1 amide bonds. The second kappa shape index (κ2) is 5.53. The number of hydrogen-bond acceptors (Lipinski definition) is 4. The fourth-order valence-corrected chi connectivity index (χ4v) is 2.54. The molecule has 0 spiro atoms. The molecule has 7 heteroatoms. The SMILES string of the molecule is CN1CCN(C(=O)c2ccc(=O)[nH]c2)CC1c1ncc[nH]1. The average molecular weight is 287 g/mol. The van der Waals surface area contributed by atoms with Crippen molar-refractivity contribution < 1.29 is 4.79 Å². The molecule has 0 bridgehead atoms. The van der Waals surface area contributed by atoms with Crippen LogP contribution >= 0.6 is 0 Å². The van der Waals surface area contributed by atoms with Gasteiger partial charge in [-0.2, -0.15) is 0 Å². The van der Waals surface area contributed by atoms with Crippen molar-refractivity contribution in [2.75, 3.05) is 26.7 Å². The Labute approximate surface area is 121 Å². The maximum Gasteiger partial charge on any atom is 0.255 e. The molecule has 2 aromatic rings. The summed E-state index contributed by atoms with van der Waals surface area (Å²) in [5.74, 6) is 0.785. The topological polar surface area (TPSA) is 85.1 Å². The first-order valence-electron chi connectivity index (χ1n) is 6.82. The number of likely N-dealkylation sites (N-methyl/N-ethyl adjacent to an activating group) is 1. The fraction of sp³-hybridized carbons (Fsp3) is 0.357. The summed E-state index contributed by atoms with van der Waals surface area (Å²) in [5.41, 5.74) is 0.288. The van der Waals surface area contributed by atoms with E-state index in [1.807, 2.05) is 7.05 Å². The summed E-state index contributed by atoms with van der Waals surface area (Å²) in [4.78, 5) is 37.5. The van der Waals surface area contributed by atoms with Crippen molar-refractivity contribution in [3.8, 4) is 0 Å². The third-order valence-corrected chi connectivity index (χ3v) is 3.80. The lowest BCUT2D eigenvalue weighted by Crippen LogP contribution is -2.49. The Morgan fingerprint density at radius 3 is 2.86 bits per heavy atom. The van der Waals surface area contributed by atoms with Crippen molar-refractivity contribution in [1.29, 1.82) is 0 Å². The Balaban J connectivity index is 1.78. The van der Waals surface area contributed by atoms with E-state index in [0.29, 0.717) is 18.7 Å². The Morgan fingerprint density at radius 1 is 1.33 bits per heavy atom. The summed E-state index contributed by atoms with van der Waals surface area (Å²) >= 11 is 0. The van der Waals surface area contributed by atoms with Crippen LogP contribution in [0.25, 0.3) is 0 Å². The standard InChI is InChI=1S/C14H17N5O2/c1-18-6-7-19(9-11(18)13-15-4-5-16-13)14(21)10-2-3-12(20)17-8-10/h2-5,8,11H,6-7,9H2,1H3,(H,15,16)(H,17,20). The second-order valence-corrected chi connectivity index (χ2v) is 5.16. The minimum Gasteiger partial charge on any atom is -0.347 e. The maximum absolute atomic E-state index is 12.5. The molecule has 0 aliphatic carbocycles. The number of nitrogens with zero attached hydrogens (tertiary/aromatic N) is 3. The molecule has 0 radical (unpaired) electrons. The zero-order chi connectivity index (χ0) is 14.8. The molecule has 110 valence electrons. The maximum atomic E-state index is 12.5. The number of amides is 1. The Morgan fingerprint density at radius 2 is 2.19 bits per heavy atom. The van der Waals surface area contributed by atoms with E-state index in [9.17, 15) is 9.59 Å². The van der Waals surface area contributed by atoms with Crippen molar-refractivity contribution in [3.05, 3.63) is 52.5 Å². The minimum absolute atomic E-state index is 0.0560. The van der Waals surface area contributed by atoms with Gasteiger partial charge in [0.25, 0.3) is 5.91 Å². The minimum atomic E-state index is -0.210. The number of H-pyrrole nitrogens is 2. The number of piperazine rings is 1. The van der Waals surface area contributed by atoms with E-state index in [1.165, 1.54) is 12.3 Å². The highest BCUT2D eigenvalue weighted by Crippen LogP contribution is 2.22. The van der Waals surface area contributed by atoms with Crippen molar-refractivity contribution >= 4 is 5.91 Å². The van der Waals surface area contributed by atoms with E-state index in [-0.39, 0.29) is 17.5 Å². The highest BCUT2D eigenvalue weighted by Gasteiger charge is 2.30. The number of carbonyl (C=O) groups excluding carboxylic acids is 1. The molecule has 1 atom stereocenters. The molecule has 0 saturated carbocycles. The molecule has 1 saturated heterocycles. The van der Waals surface area contributed by atoms with Gasteiger partial charge in [0.2, 0.25) is 5.56 Å². The van der Waals surface area contributed by atoms with E-state index in [4.69, 9.17) is 0 Å². The largest absolute Gasteiger partial charge is 0.347 e. The number of imidazole rings is 1. The monoisotopic (exact) mass is 287 g/mol. The third kappa shape index (κ3) is 2.73. The molecule has 2 aromatic heterocycles. The molecule has 7 nitrogen and oxygen atoms in total. The van der Waals surface area contributed by atoms with Crippen LogP contribution in [-0.2, 0) is 0 Å². The van der Waals surface area contributed by atoms with Crippen LogP contribution in [0.1, 0.15) is 22.2 Å². The number of hydrogen-bond donors (Lipinski definition) is 2. The van der Waals surface area contributed by atoms with Gasteiger partial charge in [-0.3, -0.25) is 14.5 Å². The Kier molecular flexibility index (Phi) is 3.57. The lowest BCUT2D eigenvalue weighted by atomic mass is 10.1. The van der Waals surface area contributed by atoms with E-state index >= 15 is 0 Å². The first-order valence-corrected chi connectivity index (χ1v) is 6.82. The van der Waals surface area contributed by atoms with Crippen LogP contribution in [0.5, 0.6) is 0 Å². The van der Waals surface area contributed by atoms with Gasteiger partial charge in [0.05, 0.1) is 11.6 Å². The molecule has 1 unspecified atom stereocenters. The van der Waals surface area contributed by atoms with Gasteiger partial charge in [0.15, 0.2) is 0 Å². The molecule has 1 fully saturated rings. The normalized spacial score (nSPS) is 19.7. The van der Waals surface area contributed by atoms with Gasteiger partial charge < -0.3 is 14.9 Å². The number of carbonyl (C=O) groups is 1. The summed E-state index contributed by atoms with van der Waals surface area (Å²) in [6, 6.07) is 2.98. The van der Waals surface area contributed by atoms with Crippen molar-refractivity contribution in [2.24, 2.45) is 0 Å². The van der Waals surface area contributed by atoms with Crippen LogP contribution in [0.15, 0.2) is 35.5 Å². The zero-order valence-electron chi connectivity index (χ0n) is 11.7. The van der Waals surface area contributed by atoms with E-state index in [1.54, 1.807) is 23.4 Å². The highest BCUT2D eigenvalue weighted by molar-refractivity contribution is 5.94. The summed E-state index contributed by atoms with van der Waals surface area (Å²) in [5, 5.41) is 0. The van der Waals surface area contributed by atoms with Gasteiger partial charge in [0.1, 0.15) is 5.82 Å². The van der Waals surface area contributed by atoms with E-state index in [0.717, 1.165) is 12.4 Å². The van der Waals surface area contributed by atoms with Gasteiger partial charge in [-0.1, -0.05) is 0 Å². The van der Waals surface area contributed by atoms with Crippen molar-refractivity contribution in [1.82, 2.24) is 24.8 Å². The second-order valence-electron chi connectivity index (χ2n) is 5.16. The van der Waals surface area contributed by atoms with Gasteiger partial charge in [-0.05, 0) is 13.1 Å². The summed E-state index contributed by atoms with van der Waals surface area (Å²) < 4.78 is 0. The summed E-state index contributed by atoms with van der Waals surface area (Å²) in [6.07, 6.45) is 4.96. The van der Waals surface area contributed by atoms with Gasteiger partial charge >= 0.3 is 0 Å². The van der Waals surface area contributed by atoms with Crippen LogP contribution in [0.3, 0.4) is 0 Å². The van der Waals surface area contributed by atoms with Gasteiger partial charge in [0, 0.05) is 44.3 Å². The van der Waals surface area contributed by atoms with Crippen LogP contribution < -0.4 is 5.56 Å². The Bertz CT molecular complexity index is 658. The number of rotatable bonds is 2. The highest BCUT2D eigenvalue weighted by atomic mass is 16.2. The quantitative estimate of drug-likeness (QED) is 0.828. The predicted molar refractivity (Wildman–Crippen MR) is 76.9 cm³/mol. The number of pyridine rings is 1. The molecule has 1 aliphatic heterocycles. The first-order chi connectivity index (χ1) is 10.1.